The van der Waals surface area contributed by atoms with Crippen LogP contribution in [0.4, 0.5) is 5.69 Å². The quantitative estimate of drug-likeness (QED) is 0.167. The van der Waals surface area contributed by atoms with E-state index in [0.29, 0.717) is 5.69 Å². The third-order valence-electron chi connectivity index (χ3n) is 13.0. The van der Waals surface area contributed by atoms with Crippen molar-refractivity contribution >= 4 is 33.3 Å². The van der Waals surface area contributed by atoms with Crippen LogP contribution in [0.2, 0.25) is 0 Å². The summed E-state index contributed by atoms with van der Waals surface area (Å²) in [4.78, 5) is 3.86. The van der Waals surface area contributed by atoms with Gasteiger partial charge in [0, 0.05) is 32.9 Å². The Bertz CT molecular complexity index is 2790. The second-order valence-electron chi connectivity index (χ2n) is 15.7. The van der Waals surface area contributed by atoms with Gasteiger partial charge in [-0.25, -0.2) is 4.85 Å². The van der Waals surface area contributed by atoms with E-state index >= 15 is 0 Å². The van der Waals surface area contributed by atoms with E-state index in [1.807, 2.05) is 18.2 Å². The van der Waals surface area contributed by atoms with Gasteiger partial charge in [-0.15, -0.1) is 0 Å². The molecule has 10 rings (SSSR count). The number of nitrogens with zero attached hydrogens (tertiary/aromatic N) is 1. The van der Waals surface area contributed by atoms with Crippen molar-refractivity contribution in [1.29, 1.82) is 0 Å². The third kappa shape index (κ3) is 4.17. The van der Waals surface area contributed by atoms with Gasteiger partial charge in [0.2, 0.25) is 0 Å². The molecule has 1 heterocycles. The number of hydrogen-bond acceptors (Lipinski definition) is 2. The predicted octanol–water partition coefficient (Wildman–Crippen LogP) is 13.3. The first kappa shape index (κ1) is 32.5. The molecule has 54 heavy (non-hydrogen) atoms. The number of methoxy groups -OCH3 is 1. The van der Waals surface area contributed by atoms with Gasteiger partial charge in [-0.2, -0.15) is 0 Å². The molecule has 0 fully saturated rings. The summed E-state index contributed by atoms with van der Waals surface area (Å²) in [7, 11) is 1.71. The topological polar surface area (TPSA) is 22.8 Å². The average molecular weight is 700 g/mol. The molecule has 3 aliphatic rings. The van der Waals surface area contributed by atoms with E-state index in [2.05, 4.69) is 148 Å². The largest absolute Gasteiger partial charge is 0.497 e. The molecule has 0 amide bonds. The monoisotopic (exact) mass is 699 g/mol. The van der Waals surface area contributed by atoms with Crippen LogP contribution in [0.15, 0.2) is 127 Å². The van der Waals surface area contributed by atoms with Crippen molar-refractivity contribution in [3.63, 3.8) is 0 Å². The van der Waals surface area contributed by atoms with Crippen LogP contribution in [-0.4, -0.2) is 7.11 Å². The summed E-state index contributed by atoms with van der Waals surface area (Å²) < 4.78 is 13.4. The number of benzene rings is 7. The van der Waals surface area contributed by atoms with E-state index in [1.165, 1.54) is 60.7 Å². The van der Waals surface area contributed by atoms with Gasteiger partial charge in [0.15, 0.2) is 11.3 Å². The van der Waals surface area contributed by atoms with E-state index in [1.54, 1.807) is 7.11 Å². The summed E-state index contributed by atoms with van der Waals surface area (Å²) >= 11 is 0. The molecule has 7 aromatic rings. The molecule has 0 saturated carbocycles. The Balaban J connectivity index is 1.23. The predicted molar refractivity (Wildman–Crippen MR) is 222 cm³/mol. The van der Waals surface area contributed by atoms with Crippen molar-refractivity contribution in [3.8, 4) is 33.8 Å². The highest BCUT2D eigenvalue weighted by Crippen LogP contribution is 2.61. The van der Waals surface area contributed by atoms with Crippen molar-refractivity contribution in [3.05, 3.63) is 178 Å². The maximum Gasteiger partial charge on any atom is 0.187 e. The first-order valence-corrected chi connectivity index (χ1v) is 19.1. The molecule has 0 N–H and O–H groups in total. The van der Waals surface area contributed by atoms with Gasteiger partial charge in [0.1, 0.15) is 11.5 Å². The molecule has 1 atom stereocenters. The lowest BCUT2D eigenvalue weighted by Crippen LogP contribution is -2.35. The maximum atomic E-state index is 7.85. The molecular weight excluding hydrogens is 659 g/mol. The second-order valence-corrected chi connectivity index (χ2v) is 15.7. The molecule has 0 radical (unpaired) electrons. The highest BCUT2D eigenvalue weighted by molar-refractivity contribution is 6.09. The summed E-state index contributed by atoms with van der Waals surface area (Å²) in [6.45, 7) is 17.1. The van der Waals surface area contributed by atoms with Crippen LogP contribution in [0, 0.1) is 6.57 Å². The van der Waals surface area contributed by atoms with E-state index in [9.17, 15) is 0 Å². The molecule has 3 heteroatoms. The fraction of sp³-hybridized carbons (Fsp3) is 0.196. The minimum absolute atomic E-state index is 0.201. The fourth-order valence-corrected chi connectivity index (χ4v) is 10.2. The Kier molecular flexibility index (Phi) is 6.89. The van der Waals surface area contributed by atoms with Crippen molar-refractivity contribution in [1.82, 2.24) is 0 Å². The summed E-state index contributed by atoms with van der Waals surface area (Å²) in [5.41, 5.74) is 12.9. The number of hydrogen-bond donors (Lipinski definition) is 0. The Labute approximate surface area is 317 Å². The molecule has 2 aliphatic carbocycles. The van der Waals surface area contributed by atoms with E-state index in [0.717, 1.165) is 46.4 Å². The molecule has 0 aromatic heterocycles. The lowest BCUT2D eigenvalue weighted by molar-refractivity contribution is 0.163. The molecule has 0 saturated heterocycles. The van der Waals surface area contributed by atoms with E-state index in [-0.39, 0.29) is 10.8 Å². The zero-order valence-corrected chi connectivity index (χ0v) is 31.4. The smallest absolute Gasteiger partial charge is 0.187 e. The van der Waals surface area contributed by atoms with Crippen molar-refractivity contribution in [2.24, 2.45) is 0 Å². The molecular formula is C51H41NO2. The summed E-state index contributed by atoms with van der Waals surface area (Å²) in [6.07, 6.45) is 6.47. The average Bonchev–Trinajstić information content (AvgIpc) is 3.64. The molecule has 0 spiro atoms. The highest BCUT2D eigenvalue weighted by atomic mass is 16.5. The fourth-order valence-electron chi connectivity index (χ4n) is 10.2. The molecule has 1 aliphatic heterocycles. The Morgan fingerprint density at radius 2 is 1.33 bits per heavy atom. The molecule has 3 nitrogen and oxygen atoms in total. The van der Waals surface area contributed by atoms with Crippen LogP contribution in [0.3, 0.4) is 0 Å². The Hall–Kier alpha value is -6.11. The van der Waals surface area contributed by atoms with Crippen LogP contribution < -0.4 is 9.47 Å². The molecule has 1 unspecified atom stereocenters. The van der Waals surface area contributed by atoms with Gasteiger partial charge < -0.3 is 9.47 Å². The van der Waals surface area contributed by atoms with Gasteiger partial charge in [0.05, 0.1) is 13.7 Å². The summed E-state index contributed by atoms with van der Waals surface area (Å²) in [6, 6.07) is 43.8. The molecule has 262 valence electrons. The third-order valence-corrected chi connectivity index (χ3v) is 13.0. The van der Waals surface area contributed by atoms with E-state index < -0.39 is 5.60 Å². The van der Waals surface area contributed by atoms with Gasteiger partial charge in [-0.3, -0.25) is 0 Å². The van der Waals surface area contributed by atoms with Crippen molar-refractivity contribution in [2.75, 3.05) is 7.11 Å². The van der Waals surface area contributed by atoms with Crippen LogP contribution in [0.1, 0.15) is 79.5 Å². The lowest BCUT2D eigenvalue weighted by Gasteiger charge is -2.40. The standard InChI is InChI=1S/C51H41NO2/c1-7-50(8-2)45-30-35(52-5)20-24-40(45)46-38-15-11-12-16-39(38)48-41(47(46)50)25-26-51(54-48,33-17-21-36(53-6)22-18-33)34-19-23-37-42-27-31-13-9-10-14-32(31)28-43(42)49(3,4)44(37)29-34/h9-30H,7-8H2,1-4,6H3. The minimum atomic E-state index is -0.912. The maximum absolute atomic E-state index is 7.85. The molecule has 0 bridgehead atoms. The highest BCUT2D eigenvalue weighted by Gasteiger charge is 2.47. The van der Waals surface area contributed by atoms with Crippen LogP contribution >= 0.6 is 0 Å². The molecule has 7 aromatic carbocycles. The normalized spacial score (nSPS) is 17.9. The summed E-state index contributed by atoms with van der Waals surface area (Å²) in [5.74, 6) is 1.71. The number of ether oxygens (including phenoxy) is 2. The Morgan fingerprint density at radius 3 is 2.06 bits per heavy atom. The Morgan fingerprint density at radius 1 is 0.667 bits per heavy atom. The van der Waals surface area contributed by atoms with Crippen molar-refractivity contribution < 1.29 is 9.47 Å². The summed E-state index contributed by atoms with van der Waals surface area (Å²) in [5, 5.41) is 4.81. The first-order chi connectivity index (χ1) is 26.3. The SMILES string of the molecule is [C-]#[N+]c1ccc2c(c1)C(CC)(CC)c1c3c(c4ccccc4c1-2)OC(c1ccc(OC)cc1)(c1ccc2c(c1)C(C)(C)c1cc4ccccc4cc1-2)C=C3. The van der Waals surface area contributed by atoms with Crippen LogP contribution in [0.25, 0.3) is 54.7 Å². The van der Waals surface area contributed by atoms with Gasteiger partial charge in [-0.05, 0) is 110 Å². The number of rotatable bonds is 5. The second kappa shape index (κ2) is 11.4. The minimum Gasteiger partial charge on any atom is -0.497 e. The van der Waals surface area contributed by atoms with Gasteiger partial charge in [0.25, 0.3) is 0 Å². The zero-order chi connectivity index (χ0) is 37.0. The van der Waals surface area contributed by atoms with Gasteiger partial charge in [-0.1, -0.05) is 125 Å². The first-order valence-electron chi connectivity index (χ1n) is 19.1. The van der Waals surface area contributed by atoms with Crippen molar-refractivity contribution in [2.45, 2.75) is 57.0 Å². The zero-order valence-electron chi connectivity index (χ0n) is 31.4. The number of fused-ring (bicyclic) bond motifs is 12. The van der Waals surface area contributed by atoms with Crippen LogP contribution in [-0.2, 0) is 16.4 Å². The van der Waals surface area contributed by atoms with Gasteiger partial charge >= 0.3 is 0 Å². The van der Waals surface area contributed by atoms with E-state index in [4.69, 9.17) is 16.0 Å². The van der Waals surface area contributed by atoms with Crippen LogP contribution in [0.5, 0.6) is 11.5 Å². The lowest BCUT2D eigenvalue weighted by atomic mass is 9.71.